The predicted molar refractivity (Wildman–Crippen MR) is 158 cm³/mol. The molecule has 0 amide bonds. The van der Waals surface area contributed by atoms with Crippen molar-refractivity contribution in [2.45, 2.75) is 38.2 Å². The average molecular weight is 604 g/mol. The van der Waals surface area contributed by atoms with Crippen molar-refractivity contribution >= 4 is 34.9 Å². The highest BCUT2D eigenvalue weighted by molar-refractivity contribution is 6.35. The lowest BCUT2D eigenvalue weighted by Gasteiger charge is -2.36. The SMILES string of the molecule is CCC(CCN1CCN(c2ccc(OCC3COC(Cn4ccnc4)(c4ccc(Cl)cc4Cl)O3)cc2)CC1)C(=O)O. The summed E-state index contributed by atoms with van der Waals surface area (Å²) in [6.45, 7) is 7.47. The number of anilines is 1. The zero-order chi connectivity index (χ0) is 28.8. The van der Waals surface area contributed by atoms with E-state index in [4.69, 9.17) is 37.4 Å². The largest absolute Gasteiger partial charge is 0.491 e. The molecular weight excluding hydrogens is 567 g/mol. The van der Waals surface area contributed by atoms with Gasteiger partial charge in [-0.2, -0.15) is 0 Å². The molecular formula is C30H36Cl2N4O5. The third-order valence-corrected chi connectivity index (χ3v) is 8.34. The number of hydrogen-bond acceptors (Lipinski definition) is 7. The Morgan fingerprint density at radius 2 is 1.95 bits per heavy atom. The second kappa shape index (κ2) is 13.4. The highest BCUT2D eigenvalue weighted by atomic mass is 35.5. The molecule has 0 bridgehead atoms. The monoisotopic (exact) mass is 602 g/mol. The Balaban J connectivity index is 1.14. The first-order chi connectivity index (χ1) is 19.8. The van der Waals surface area contributed by atoms with Crippen molar-refractivity contribution in [1.29, 1.82) is 0 Å². The number of rotatable bonds is 12. The summed E-state index contributed by atoms with van der Waals surface area (Å²) in [5.41, 5.74) is 1.85. The lowest BCUT2D eigenvalue weighted by molar-refractivity contribution is -0.189. The minimum absolute atomic E-state index is 0.259. The third kappa shape index (κ3) is 7.34. The number of aliphatic carboxylic acids is 1. The van der Waals surface area contributed by atoms with Gasteiger partial charge in [-0.25, -0.2) is 4.98 Å². The van der Waals surface area contributed by atoms with Crippen LogP contribution in [-0.2, 0) is 26.6 Å². The predicted octanol–water partition coefficient (Wildman–Crippen LogP) is 5.16. The van der Waals surface area contributed by atoms with E-state index in [1.54, 1.807) is 24.7 Å². The van der Waals surface area contributed by atoms with Crippen LogP contribution in [0.4, 0.5) is 5.69 Å². The van der Waals surface area contributed by atoms with Gasteiger partial charge in [0.25, 0.3) is 0 Å². The molecule has 2 aromatic carbocycles. The lowest BCUT2D eigenvalue weighted by Crippen LogP contribution is -2.47. The van der Waals surface area contributed by atoms with Crippen LogP contribution in [0, 0.1) is 5.92 Å². The molecule has 41 heavy (non-hydrogen) atoms. The summed E-state index contributed by atoms with van der Waals surface area (Å²) in [6, 6.07) is 13.4. The second-order valence-corrected chi connectivity index (χ2v) is 11.4. The molecule has 3 atom stereocenters. The highest BCUT2D eigenvalue weighted by Crippen LogP contribution is 2.40. The number of hydrogen-bond donors (Lipinski definition) is 1. The summed E-state index contributed by atoms with van der Waals surface area (Å²) >= 11 is 12.7. The number of halogens is 2. The fraction of sp³-hybridized carbons (Fsp3) is 0.467. The van der Waals surface area contributed by atoms with E-state index >= 15 is 0 Å². The van der Waals surface area contributed by atoms with Gasteiger partial charge < -0.3 is 28.8 Å². The zero-order valence-corrected chi connectivity index (χ0v) is 24.6. The Labute approximate surface area is 250 Å². The molecule has 3 heterocycles. The number of benzene rings is 2. The smallest absolute Gasteiger partial charge is 0.306 e. The van der Waals surface area contributed by atoms with E-state index in [-0.39, 0.29) is 12.0 Å². The topological polar surface area (TPSA) is 89.3 Å². The van der Waals surface area contributed by atoms with E-state index in [2.05, 4.69) is 26.9 Å². The first kappa shape index (κ1) is 29.7. The molecule has 0 saturated carbocycles. The molecule has 1 aromatic heterocycles. The van der Waals surface area contributed by atoms with Crippen LogP contribution < -0.4 is 9.64 Å². The van der Waals surface area contributed by atoms with Crippen LogP contribution in [0.2, 0.25) is 10.0 Å². The van der Waals surface area contributed by atoms with E-state index < -0.39 is 11.8 Å². The summed E-state index contributed by atoms with van der Waals surface area (Å²) in [5, 5.41) is 10.3. The molecule has 2 aliphatic rings. The van der Waals surface area contributed by atoms with Crippen molar-refractivity contribution in [2.75, 3.05) is 50.8 Å². The van der Waals surface area contributed by atoms with E-state index in [0.717, 1.165) is 44.2 Å². The van der Waals surface area contributed by atoms with Crippen LogP contribution in [0.25, 0.3) is 0 Å². The number of nitrogens with zero attached hydrogens (tertiary/aromatic N) is 4. The molecule has 220 valence electrons. The van der Waals surface area contributed by atoms with Gasteiger partial charge in [-0.05, 0) is 55.8 Å². The molecule has 2 saturated heterocycles. The van der Waals surface area contributed by atoms with Crippen LogP contribution in [0.15, 0.2) is 61.2 Å². The fourth-order valence-corrected chi connectivity index (χ4v) is 5.94. The van der Waals surface area contributed by atoms with Crippen LogP contribution in [0.1, 0.15) is 25.3 Å². The Kier molecular flexibility index (Phi) is 9.72. The standard InChI is InChI=1S/C30H36Cl2N4O5/c1-2-22(29(37)38)9-11-34-13-15-36(16-14-34)24-4-6-25(7-5-24)39-18-26-19-40-30(41-26,20-35-12-10-33-21-35)27-8-3-23(31)17-28(27)32/h3-8,10,12,17,21-22,26H,2,9,11,13-16,18-20H2,1H3,(H,37,38). The van der Waals surface area contributed by atoms with Crippen molar-refractivity contribution in [3.05, 3.63) is 76.8 Å². The first-order valence-corrected chi connectivity index (χ1v) is 14.8. The van der Waals surface area contributed by atoms with Gasteiger partial charge in [-0.1, -0.05) is 36.2 Å². The summed E-state index contributed by atoms with van der Waals surface area (Å²) in [7, 11) is 0. The van der Waals surface area contributed by atoms with Gasteiger partial charge in [0, 0.05) is 54.8 Å². The molecule has 9 nitrogen and oxygen atoms in total. The third-order valence-electron chi connectivity index (χ3n) is 7.80. The minimum atomic E-state index is -1.09. The molecule has 2 aliphatic heterocycles. The molecule has 1 N–H and O–H groups in total. The Morgan fingerprint density at radius 3 is 2.61 bits per heavy atom. The molecule has 3 unspecified atom stereocenters. The van der Waals surface area contributed by atoms with Crippen molar-refractivity contribution in [3.8, 4) is 5.75 Å². The van der Waals surface area contributed by atoms with Crippen molar-refractivity contribution in [1.82, 2.24) is 14.5 Å². The maximum Gasteiger partial charge on any atom is 0.306 e. The van der Waals surface area contributed by atoms with Crippen LogP contribution in [0.5, 0.6) is 5.75 Å². The fourth-order valence-electron chi connectivity index (χ4n) is 5.39. The van der Waals surface area contributed by atoms with E-state index in [9.17, 15) is 9.90 Å². The molecule has 3 aromatic rings. The Hall–Kier alpha value is -2.82. The quantitative estimate of drug-likeness (QED) is 0.304. The highest BCUT2D eigenvalue weighted by Gasteiger charge is 2.45. The Morgan fingerprint density at radius 1 is 1.17 bits per heavy atom. The first-order valence-electron chi connectivity index (χ1n) is 14.0. The van der Waals surface area contributed by atoms with E-state index in [0.29, 0.717) is 48.2 Å². The van der Waals surface area contributed by atoms with E-state index in [1.807, 2.05) is 35.9 Å². The lowest BCUT2D eigenvalue weighted by atomic mass is 10.0. The van der Waals surface area contributed by atoms with Gasteiger partial charge >= 0.3 is 5.97 Å². The van der Waals surface area contributed by atoms with Gasteiger partial charge in [0.15, 0.2) is 0 Å². The van der Waals surface area contributed by atoms with Crippen LogP contribution >= 0.6 is 23.2 Å². The number of imidazole rings is 1. The molecule has 0 spiro atoms. The number of aromatic nitrogens is 2. The van der Waals surface area contributed by atoms with Crippen molar-refractivity contribution in [3.63, 3.8) is 0 Å². The normalized spacial score (nSPS) is 22.1. The second-order valence-electron chi connectivity index (χ2n) is 10.5. The molecule has 2 fully saturated rings. The summed E-state index contributed by atoms with van der Waals surface area (Å²) in [4.78, 5) is 20.1. The minimum Gasteiger partial charge on any atom is -0.491 e. The maximum absolute atomic E-state index is 11.3. The van der Waals surface area contributed by atoms with Gasteiger partial charge in [-0.15, -0.1) is 0 Å². The number of carbonyl (C=O) groups is 1. The number of carboxylic acids is 1. The van der Waals surface area contributed by atoms with Gasteiger partial charge in [-0.3, -0.25) is 9.69 Å². The summed E-state index contributed by atoms with van der Waals surface area (Å²) < 4.78 is 20.7. The van der Waals surface area contributed by atoms with Gasteiger partial charge in [0.05, 0.1) is 30.4 Å². The van der Waals surface area contributed by atoms with Crippen molar-refractivity contribution in [2.24, 2.45) is 5.92 Å². The van der Waals surface area contributed by atoms with Gasteiger partial charge in [0.1, 0.15) is 18.5 Å². The van der Waals surface area contributed by atoms with Crippen molar-refractivity contribution < 1.29 is 24.1 Å². The number of ether oxygens (including phenoxy) is 3. The molecule has 5 rings (SSSR count). The van der Waals surface area contributed by atoms with Crippen LogP contribution in [0.3, 0.4) is 0 Å². The van der Waals surface area contributed by atoms with Gasteiger partial charge in [0.2, 0.25) is 5.79 Å². The number of piperazine rings is 1. The van der Waals surface area contributed by atoms with Crippen LogP contribution in [-0.4, -0.2) is 77.6 Å². The number of carboxylic acid groups (broad SMARTS) is 1. The molecule has 0 aliphatic carbocycles. The summed E-state index contributed by atoms with van der Waals surface area (Å²) in [6.07, 6.45) is 6.35. The maximum atomic E-state index is 11.3. The molecule has 11 heteroatoms. The average Bonchev–Trinajstić information content (AvgIpc) is 3.63. The molecule has 0 radical (unpaired) electrons. The Bertz CT molecular complexity index is 1280. The van der Waals surface area contributed by atoms with E-state index in [1.165, 1.54) is 0 Å². The summed E-state index contributed by atoms with van der Waals surface area (Å²) in [5.74, 6) is -1.29. The zero-order valence-electron chi connectivity index (χ0n) is 23.1.